The lowest BCUT2D eigenvalue weighted by Crippen LogP contribution is -2.12. The summed E-state index contributed by atoms with van der Waals surface area (Å²) in [4.78, 5) is 42.9. The minimum Gasteiger partial charge on any atom is -0.288 e. The van der Waals surface area contributed by atoms with Gasteiger partial charge in [0, 0.05) is 80.2 Å². The van der Waals surface area contributed by atoms with Gasteiger partial charge in [0.05, 0.1) is 36.7 Å². The van der Waals surface area contributed by atoms with Crippen LogP contribution in [0.25, 0.3) is 6.08 Å². The normalized spacial score (nSPS) is 13.1. The highest BCUT2D eigenvalue weighted by Gasteiger charge is 2.22. The minimum atomic E-state index is 0.145. The summed E-state index contributed by atoms with van der Waals surface area (Å²) in [5, 5.41) is 0. The van der Waals surface area contributed by atoms with Crippen LogP contribution in [0.5, 0.6) is 0 Å². The SMILES string of the molecule is CC.CC.CC.CC.CC.CC.CC(C)(C)c1ccc(C2=NCC=N2)cc1.CC(C)(C)c1ccc(C2=NCC=N2)nc1.CC(C)(C)c1ccc2c(c1)C=NC2.CC(C)(C)c1ccc2c(c1)N=CC2.CC(C)(C)c1ccc2c(c1)N=CC2.CC(C)(C)c1cnc2c(c1)C=CC2.Cc1ccc(C(C)(C)C)cc1.Cc1ccc(C(C)(C)C)cn1. The topological polar surface area (TPSA) is 125 Å². The van der Waals surface area contributed by atoms with E-state index in [2.05, 4.69) is 363 Å². The summed E-state index contributed by atoms with van der Waals surface area (Å²) in [6.07, 6.45) is 22.8. The molecule has 5 aliphatic heterocycles. The van der Waals surface area contributed by atoms with Crippen LogP contribution in [-0.4, -0.2) is 70.8 Å². The predicted octanol–water partition coefficient (Wildman–Crippen LogP) is 29.5. The Morgan fingerprint density at radius 2 is 0.655 bits per heavy atom. The molecule has 0 fully saturated rings. The first kappa shape index (κ1) is 105. The Hall–Kier alpha value is -9.02. The first-order chi connectivity index (χ1) is 54.4. The van der Waals surface area contributed by atoms with E-state index in [1.54, 1.807) is 6.21 Å². The maximum absolute atomic E-state index is 4.46. The number of fused-ring (bicyclic) bond motifs is 4. The van der Waals surface area contributed by atoms with Crippen LogP contribution in [0.1, 0.15) is 350 Å². The van der Waals surface area contributed by atoms with Crippen molar-refractivity contribution in [3.05, 3.63) is 259 Å². The third kappa shape index (κ3) is 36.2. The number of benzene rings is 5. The van der Waals surface area contributed by atoms with Gasteiger partial charge in [-0.3, -0.25) is 39.9 Å². The van der Waals surface area contributed by atoms with Gasteiger partial charge in [-0.25, -0.2) is 9.98 Å². The standard InChI is InChI=1S/C13H16N2.C12H15N3.4C12H15N.C11H16.C10H15N.6C2H6/c1-13(2,3)11-6-4-10(5-7-11)12-14-8-9-15-12;1-12(2,3)9-4-5-10(15-8-9)11-13-6-7-14-11;1-12(2,3)11-5-4-9-7-13-8-10(9)6-11;2*1-12(2,3)10-5-4-9-6-7-13-11(9)8-10;1-12(2,3)10-7-9-5-4-6-11(9)13-8-10;1-9-5-7-10(8-6-9)11(2,3)4;1-8-5-6-9(7-11-8)10(2,3)4;6*1-2/h4-8H,9H2,1-3H3;4-6,8H,7H2,1-3H3;4-6,8H,7H2,1-3H3;3*4-5,7-8H,6H2,1-3H3;5-8H,1-4H3;5-7H,1-4H3;6*1-2H3. The Balaban J connectivity index is 0.000000651. The van der Waals surface area contributed by atoms with E-state index in [9.17, 15) is 0 Å². The average molecular weight is 1570 g/mol. The van der Waals surface area contributed by atoms with Crippen LogP contribution in [0.15, 0.2) is 193 Å². The van der Waals surface area contributed by atoms with Gasteiger partial charge in [-0.15, -0.1) is 0 Å². The number of amidine groups is 2. The van der Waals surface area contributed by atoms with E-state index in [-0.39, 0.29) is 43.3 Å². The molecule has 1 aliphatic carbocycles. The van der Waals surface area contributed by atoms with Crippen LogP contribution >= 0.6 is 0 Å². The van der Waals surface area contributed by atoms with Crippen molar-refractivity contribution in [2.45, 2.75) is 332 Å². The molecule has 116 heavy (non-hydrogen) atoms. The van der Waals surface area contributed by atoms with E-state index >= 15 is 0 Å². The van der Waals surface area contributed by atoms with Gasteiger partial charge in [0.2, 0.25) is 0 Å². The van der Waals surface area contributed by atoms with Crippen molar-refractivity contribution in [1.82, 2.24) is 15.0 Å². The van der Waals surface area contributed by atoms with E-state index in [0.29, 0.717) is 6.54 Å². The number of pyridine rings is 3. The molecular formula is C106H158N10. The second-order valence-corrected chi connectivity index (χ2v) is 36.0. The van der Waals surface area contributed by atoms with Crippen LogP contribution in [0.2, 0.25) is 0 Å². The highest BCUT2D eigenvalue weighted by molar-refractivity contribution is 6.06. The van der Waals surface area contributed by atoms with Crippen LogP contribution < -0.4 is 0 Å². The monoisotopic (exact) mass is 1570 g/mol. The Morgan fingerprint density at radius 1 is 0.293 bits per heavy atom. The summed E-state index contributed by atoms with van der Waals surface area (Å²) >= 11 is 0. The summed E-state index contributed by atoms with van der Waals surface area (Å²) < 4.78 is 0. The largest absolute Gasteiger partial charge is 0.288 e. The van der Waals surface area contributed by atoms with Crippen LogP contribution in [0.4, 0.5) is 11.4 Å². The second-order valence-electron chi connectivity index (χ2n) is 36.0. The molecule has 0 N–H and O–H groups in total. The molecule has 0 saturated heterocycles. The van der Waals surface area contributed by atoms with Gasteiger partial charge in [-0.1, -0.05) is 364 Å². The van der Waals surface area contributed by atoms with E-state index < -0.39 is 0 Å². The van der Waals surface area contributed by atoms with Crippen molar-refractivity contribution >= 4 is 60.2 Å². The van der Waals surface area contributed by atoms with Crippen LogP contribution in [0, 0.1) is 13.8 Å². The molecule has 14 rings (SSSR count). The fourth-order valence-corrected chi connectivity index (χ4v) is 11.2. The molecule has 8 heterocycles. The molecule has 8 aromatic rings. The quantitative estimate of drug-likeness (QED) is 0.171. The van der Waals surface area contributed by atoms with Gasteiger partial charge in [0.1, 0.15) is 5.69 Å². The van der Waals surface area contributed by atoms with Crippen molar-refractivity contribution in [3.8, 4) is 0 Å². The molecule has 10 nitrogen and oxygen atoms in total. The average Bonchev–Trinajstić information content (AvgIpc) is 1.68. The number of hydrogen-bond acceptors (Lipinski definition) is 10. The molecule has 5 aromatic carbocycles. The molecule has 0 bridgehead atoms. The highest BCUT2D eigenvalue weighted by Crippen LogP contribution is 2.34. The Bertz CT molecular complexity index is 3970. The molecule has 0 atom stereocenters. The molecule has 3 aromatic heterocycles. The molecule has 0 spiro atoms. The van der Waals surface area contributed by atoms with Crippen LogP contribution in [-0.2, 0) is 69.1 Å². The van der Waals surface area contributed by atoms with Crippen molar-refractivity contribution in [1.29, 1.82) is 0 Å². The summed E-state index contributed by atoms with van der Waals surface area (Å²) in [5.41, 5.74) is 27.1. The lowest BCUT2D eigenvalue weighted by molar-refractivity contribution is 0.586. The smallest absolute Gasteiger partial charge is 0.173 e. The first-order valence-electron chi connectivity index (χ1n) is 43.3. The molecule has 0 radical (unpaired) electrons. The summed E-state index contributed by atoms with van der Waals surface area (Å²) in [5.74, 6) is 1.60. The molecule has 6 aliphatic rings. The lowest BCUT2D eigenvalue weighted by Gasteiger charge is -2.19. The van der Waals surface area contributed by atoms with Crippen LogP contribution in [0.3, 0.4) is 0 Å². The Morgan fingerprint density at radius 3 is 1.04 bits per heavy atom. The molecule has 0 saturated carbocycles. The number of aromatic nitrogens is 3. The van der Waals surface area contributed by atoms with Gasteiger partial charge < -0.3 is 0 Å². The third-order valence-electron chi connectivity index (χ3n) is 18.6. The molecule has 0 amide bonds. The van der Waals surface area contributed by atoms with Crippen molar-refractivity contribution in [2.24, 2.45) is 34.9 Å². The number of aryl methyl sites for hydroxylation is 2. The van der Waals surface area contributed by atoms with E-state index in [1.807, 2.05) is 140 Å². The maximum atomic E-state index is 4.46. The molecule has 632 valence electrons. The maximum Gasteiger partial charge on any atom is 0.173 e. The van der Waals surface area contributed by atoms with Crippen molar-refractivity contribution in [3.63, 3.8) is 0 Å². The lowest BCUT2D eigenvalue weighted by atomic mass is 9.85. The van der Waals surface area contributed by atoms with Gasteiger partial charge in [-0.2, -0.15) is 0 Å². The number of nitrogens with zero attached hydrogens (tertiary/aromatic N) is 10. The van der Waals surface area contributed by atoms with Gasteiger partial charge in [0.15, 0.2) is 11.7 Å². The van der Waals surface area contributed by atoms with E-state index in [1.165, 1.54) is 83.6 Å². The van der Waals surface area contributed by atoms with E-state index in [0.717, 1.165) is 72.3 Å². The Kier molecular flexibility index (Phi) is 45.2. The van der Waals surface area contributed by atoms with Gasteiger partial charge >= 0.3 is 0 Å². The van der Waals surface area contributed by atoms with E-state index in [4.69, 9.17) is 0 Å². The number of hydrogen-bond donors (Lipinski definition) is 0. The number of allylic oxidation sites excluding steroid dienone is 1. The summed E-state index contributed by atoms with van der Waals surface area (Å²) in [6.45, 7) is 83.6. The van der Waals surface area contributed by atoms with Crippen molar-refractivity contribution in [2.75, 3.05) is 13.1 Å². The second kappa shape index (κ2) is 49.9. The third-order valence-corrected chi connectivity index (χ3v) is 18.6. The number of aliphatic imine (C=N–C) groups is 7. The van der Waals surface area contributed by atoms with Gasteiger partial charge in [-0.05, 0) is 166 Å². The highest BCUT2D eigenvalue weighted by atomic mass is 15.0. The molecule has 0 unspecified atom stereocenters. The fraction of sp³-hybridized carbons (Fsp3) is 0.491. The zero-order valence-corrected chi connectivity index (χ0v) is 80.2. The zero-order valence-electron chi connectivity index (χ0n) is 80.2. The molecule has 10 heteroatoms. The summed E-state index contributed by atoms with van der Waals surface area (Å²) in [7, 11) is 0. The first-order valence-corrected chi connectivity index (χ1v) is 43.3. The van der Waals surface area contributed by atoms with Gasteiger partial charge in [0.25, 0.3) is 0 Å². The zero-order chi connectivity index (χ0) is 88.6. The summed E-state index contributed by atoms with van der Waals surface area (Å²) in [6, 6.07) is 47.7. The molecular weight excluding hydrogens is 1410 g/mol. The van der Waals surface area contributed by atoms with Crippen molar-refractivity contribution < 1.29 is 0 Å². The predicted molar refractivity (Wildman–Crippen MR) is 520 cm³/mol. The Labute approximate surface area is 709 Å². The minimum absolute atomic E-state index is 0.145. The fourth-order valence-electron chi connectivity index (χ4n) is 11.2. The number of rotatable bonds is 2.